The smallest absolute Gasteiger partial charge is 0.341 e. The molecule has 174 valence electrons. The first kappa shape index (κ1) is 24.4. The number of ether oxygens (including phenoxy) is 2. The molecule has 11 nitrogen and oxygen atoms in total. The minimum atomic E-state index is -0.696. The van der Waals surface area contributed by atoms with Crippen molar-refractivity contribution in [3.8, 4) is 0 Å². The second-order valence-electron chi connectivity index (χ2n) is 6.69. The summed E-state index contributed by atoms with van der Waals surface area (Å²) in [6, 6.07) is 9.65. The van der Waals surface area contributed by atoms with Gasteiger partial charge in [-0.3, -0.25) is 9.59 Å². The minimum absolute atomic E-state index is 0.0177. The van der Waals surface area contributed by atoms with Crippen LogP contribution in [0.15, 0.2) is 35.5 Å². The van der Waals surface area contributed by atoms with E-state index in [0.29, 0.717) is 17.3 Å². The number of nitrogens with zero attached hydrogens (tertiary/aromatic N) is 4. The molecule has 0 atom stereocenters. The molecule has 0 fully saturated rings. The molecule has 2 aromatic heterocycles. The number of aromatic nitrogens is 4. The molecule has 0 unspecified atom stereocenters. The van der Waals surface area contributed by atoms with E-state index in [-0.39, 0.29) is 34.4 Å². The van der Waals surface area contributed by atoms with Gasteiger partial charge in [0.25, 0.3) is 5.91 Å². The summed E-state index contributed by atoms with van der Waals surface area (Å²) in [6.07, 6.45) is 0. The third-order valence-electron chi connectivity index (χ3n) is 4.35. The van der Waals surface area contributed by atoms with Crippen LogP contribution in [0.5, 0.6) is 0 Å². The zero-order valence-electron chi connectivity index (χ0n) is 17.9. The average Bonchev–Trinajstić information content (AvgIpc) is 3.36. The second kappa shape index (κ2) is 11.5. The van der Waals surface area contributed by atoms with Crippen LogP contribution in [0.3, 0.4) is 0 Å². The molecular formula is C20H22N6O5S2. The molecule has 3 aromatic rings. The number of hydrogen-bond acceptors (Lipinski definition) is 10. The quantitative estimate of drug-likeness (QED) is 0.232. The van der Waals surface area contributed by atoms with E-state index in [1.807, 2.05) is 30.3 Å². The monoisotopic (exact) mass is 490 g/mol. The Hall–Kier alpha value is -3.29. The van der Waals surface area contributed by atoms with Gasteiger partial charge in [0.2, 0.25) is 11.1 Å². The predicted octanol–water partition coefficient (Wildman–Crippen LogP) is 1.72. The molecule has 0 spiro atoms. The lowest BCUT2D eigenvalue weighted by molar-refractivity contribution is -0.113. The summed E-state index contributed by atoms with van der Waals surface area (Å²) in [4.78, 5) is 37.1. The molecule has 13 heteroatoms. The van der Waals surface area contributed by atoms with Crippen molar-refractivity contribution in [1.82, 2.24) is 20.2 Å². The maximum atomic E-state index is 12.6. The van der Waals surface area contributed by atoms with E-state index < -0.39 is 17.8 Å². The number of primary amides is 1. The van der Waals surface area contributed by atoms with Crippen LogP contribution in [0, 0.1) is 6.92 Å². The van der Waals surface area contributed by atoms with Gasteiger partial charge in [0.15, 0.2) is 0 Å². The maximum Gasteiger partial charge on any atom is 0.341 e. The Bertz CT molecular complexity index is 1130. The first-order valence-corrected chi connectivity index (χ1v) is 11.5. The number of anilines is 1. The zero-order valence-corrected chi connectivity index (χ0v) is 19.6. The highest BCUT2D eigenvalue weighted by molar-refractivity contribution is 7.99. The predicted molar refractivity (Wildman–Crippen MR) is 122 cm³/mol. The first-order chi connectivity index (χ1) is 15.9. The average molecular weight is 491 g/mol. The molecule has 0 aliphatic rings. The van der Waals surface area contributed by atoms with Gasteiger partial charge in [-0.05, 0) is 28.5 Å². The highest BCUT2D eigenvalue weighted by atomic mass is 32.2. The molecule has 2 amide bonds. The molecule has 0 radical (unpaired) electrons. The molecular weight excluding hydrogens is 468 g/mol. The van der Waals surface area contributed by atoms with Gasteiger partial charge in [0, 0.05) is 7.11 Å². The maximum absolute atomic E-state index is 12.6. The SMILES string of the molecule is COCCOC(=O)c1c(NC(=O)CSc2nnnn2Cc2ccccc2)sc(C(N)=O)c1C. The first-order valence-electron chi connectivity index (χ1n) is 9.72. The molecule has 33 heavy (non-hydrogen) atoms. The van der Waals surface area contributed by atoms with E-state index in [2.05, 4.69) is 20.8 Å². The molecule has 0 saturated heterocycles. The molecule has 0 bridgehead atoms. The number of nitrogens with one attached hydrogen (secondary N) is 1. The molecule has 0 aliphatic carbocycles. The Labute approximate surface area is 197 Å². The van der Waals surface area contributed by atoms with Crippen molar-refractivity contribution >= 4 is 45.9 Å². The van der Waals surface area contributed by atoms with Crippen molar-refractivity contribution in [1.29, 1.82) is 0 Å². The van der Waals surface area contributed by atoms with Crippen molar-refractivity contribution in [2.75, 3.05) is 31.4 Å². The lowest BCUT2D eigenvalue weighted by atomic mass is 10.1. The van der Waals surface area contributed by atoms with Gasteiger partial charge in [-0.2, -0.15) is 0 Å². The van der Waals surface area contributed by atoms with Crippen LogP contribution in [-0.4, -0.2) is 64.1 Å². The molecule has 0 aliphatic heterocycles. The summed E-state index contributed by atoms with van der Waals surface area (Å²) in [5.74, 6) is -1.80. The van der Waals surface area contributed by atoms with Crippen molar-refractivity contribution in [2.24, 2.45) is 5.73 Å². The molecule has 3 N–H and O–H groups in total. The van der Waals surface area contributed by atoms with Gasteiger partial charge in [0.05, 0.1) is 29.3 Å². The fourth-order valence-electron chi connectivity index (χ4n) is 2.82. The number of amides is 2. The van der Waals surface area contributed by atoms with Crippen molar-refractivity contribution < 1.29 is 23.9 Å². The topological polar surface area (TPSA) is 151 Å². The van der Waals surface area contributed by atoms with Crippen molar-refractivity contribution in [3.63, 3.8) is 0 Å². The number of carbonyl (C=O) groups is 3. The van der Waals surface area contributed by atoms with Crippen molar-refractivity contribution in [2.45, 2.75) is 18.6 Å². The highest BCUT2D eigenvalue weighted by Crippen LogP contribution is 2.33. The number of esters is 1. The number of thioether (sulfide) groups is 1. The van der Waals surface area contributed by atoms with Crippen LogP contribution in [0.4, 0.5) is 5.00 Å². The number of tetrazole rings is 1. The van der Waals surface area contributed by atoms with Gasteiger partial charge >= 0.3 is 5.97 Å². The van der Waals surface area contributed by atoms with E-state index >= 15 is 0 Å². The van der Waals surface area contributed by atoms with Gasteiger partial charge in [0.1, 0.15) is 11.6 Å². The van der Waals surface area contributed by atoms with Crippen LogP contribution in [0.1, 0.15) is 31.2 Å². The molecule has 2 heterocycles. The van der Waals surface area contributed by atoms with Crippen LogP contribution < -0.4 is 11.1 Å². The van der Waals surface area contributed by atoms with E-state index in [1.165, 1.54) is 7.11 Å². The van der Waals surface area contributed by atoms with E-state index in [0.717, 1.165) is 28.7 Å². The second-order valence-corrected chi connectivity index (χ2v) is 8.66. The number of thiophene rings is 1. The van der Waals surface area contributed by atoms with Gasteiger partial charge in [-0.1, -0.05) is 42.1 Å². The summed E-state index contributed by atoms with van der Waals surface area (Å²) < 4.78 is 11.6. The highest BCUT2D eigenvalue weighted by Gasteiger charge is 2.26. The third-order valence-corrected chi connectivity index (χ3v) is 6.53. The largest absolute Gasteiger partial charge is 0.460 e. The summed E-state index contributed by atoms with van der Waals surface area (Å²) in [7, 11) is 1.48. The minimum Gasteiger partial charge on any atom is -0.460 e. The Balaban J connectivity index is 1.68. The van der Waals surface area contributed by atoms with Crippen molar-refractivity contribution in [3.05, 3.63) is 51.9 Å². The Morgan fingerprint density at radius 3 is 2.67 bits per heavy atom. The Morgan fingerprint density at radius 2 is 1.97 bits per heavy atom. The van der Waals surface area contributed by atoms with E-state index in [4.69, 9.17) is 15.2 Å². The summed E-state index contributed by atoms with van der Waals surface area (Å²) in [5, 5.41) is 14.9. The normalized spacial score (nSPS) is 10.7. The van der Waals surface area contributed by atoms with Crippen LogP contribution >= 0.6 is 23.1 Å². The number of carbonyl (C=O) groups excluding carboxylic acids is 3. The summed E-state index contributed by atoms with van der Waals surface area (Å²) in [5.41, 5.74) is 6.87. The van der Waals surface area contributed by atoms with Gasteiger partial charge in [-0.25, -0.2) is 9.48 Å². The molecule has 3 rings (SSSR count). The Kier molecular flexibility index (Phi) is 8.52. The third kappa shape index (κ3) is 6.37. The van der Waals surface area contributed by atoms with Crippen LogP contribution in [0.25, 0.3) is 0 Å². The van der Waals surface area contributed by atoms with Crippen LogP contribution in [-0.2, 0) is 20.8 Å². The number of hydrogen-bond donors (Lipinski definition) is 2. The fraction of sp³-hybridized carbons (Fsp3) is 0.300. The Morgan fingerprint density at radius 1 is 1.21 bits per heavy atom. The summed E-state index contributed by atoms with van der Waals surface area (Å²) >= 11 is 2.07. The summed E-state index contributed by atoms with van der Waals surface area (Å²) in [6.45, 7) is 2.28. The van der Waals surface area contributed by atoms with Crippen LogP contribution in [0.2, 0.25) is 0 Å². The number of nitrogens with two attached hydrogens (primary N) is 1. The molecule has 0 saturated carbocycles. The lowest BCUT2D eigenvalue weighted by Gasteiger charge is -2.08. The lowest BCUT2D eigenvalue weighted by Crippen LogP contribution is -2.18. The molecule has 1 aromatic carbocycles. The van der Waals surface area contributed by atoms with E-state index in [9.17, 15) is 14.4 Å². The number of methoxy groups -OCH3 is 1. The van der Waals surface area contributed by atoms with Gasteiger partial charge in [-0.15, -0.1) is 16.4 Å². The zero-order chi connectivity index (χ0) is 23.8. The fourth-order valence-corrected chi connectivity index (χ4v) is 4.56. The van der Waals surface area contributed by atoms with Gasteiger partial charge < -0.3 is 20.5 Å². The number of rotatable bonds is 11. The standard InChI is InChI=1S/C20H22N6O5S2/c1-12-15(19(29)31-9-8-30-2)18(33-16(12)17(21)28)22-14(27)11-32-20-23-24-25-26(20)10-13-6-4-3-5-7-13/h3-7H,8-11H2,1-2H3,(H2,21,28)(H,22,27). The number of benzene rings is 1. The van der Waals surface area contributed by atoms with E-state index in [1.54, 1.807) is 11.6 Å².